The molecule has 4 N–H and O–H groups in total. The highest BCUT2D eigenvalue weighted by molar-refractivity contribution is 5.88. The maximum atomic E-state index is 11.8. The summed E-state index contributed by atoms with van der Waals surface area (Å²) in [4.78, 5) is 15.8. The molecule has 2 heterocycles. The summed E-state index contributed by atoms with van der Waals surface area (Å²) in [6.45, 7) is 1.04. The number of aromatic nitrogens is 2. The van der Waals surface area contributed by atoms with Gasteiger partial charge in [-0.25, -0.2) is 4.98 Å². The molecule has 0 saturated carbocycles. The van der Waals surface area contributed by atoms with Crippen molar-refractivity contribution in [2.24, 2.45) is 5.73 Å². The Hall–Kier alpha value is -2.86. The van der Waals surface area contributed by atoms with Crippen LogP contribution >= 0.6 is 0 Å². The second-order valence-electron chi connectivity index (χ2n) is 4.96. The molecule has 0 amide bonds. The first kappa shape index (κ1) is 14.1. The number of nitrogens with one attached hydrogen (secondary N) is 1. The molecule has 0 aliphatic heterocycles. The fourth-order valence-electron chi connectivity index (χ4n) is 2.35. The van der Waals surface area contributed by atoms with Gasteiger partial charge in [0.15, 0.2) is 5.65 Å². The summed E-state index contributed by atoms with van der Waals surface area (Å²) in [7, 11) is 0. The minimum Gasteiger partial charge on any atom is -0.423 e. The zero-order valence-corrected chi connectivity index (χ0v) is 11.9. The third-order valence-electron chi connectivity index (χ3n) is 3.46. The molecule has 0 saturated heterocycles. The van der Waals surface area contributed by atoms with Gasteiger partial charge in [0.1, 0.15) is 0 Å². The molecule has 112 valence electrons. The molecule has 0 atom stereocenters. The first-order valence-electron chi connectivity index (χ1n) is 6.91. The standard InChI is InChI=1S/C16H16N4O2/c17-9-11-3-1-4-12(7-11)10-19-14-8-15(21)20(22)16-13(14)5-2-6-18-16/h1-8,19,22H,9-10,17H2. The lowest BCUT2D eigenvalue weighted by Crippen LogP contribution is -2.19. The van der Waals surface area contributed by atoms with E-state index >= 15 is 0 Å². The fraction of sp³-hybridized carbons (Fsp3) is 0.125. The first-order valence-corrected chi connectivity index (χ1v) is 6.91. The Labute approximate surface area is 126 Å². The number of benzene rings is 1. The Bertz CT molecular complexity index is 873. The van der Waals surface area contributed by atoms with Gasteiger partial charge in [-0.1, -0.05) is 24.3 Å². The second kappa shape index (κ2) is 5.87. The van der Waals surface area contributed by atoms with Crippen LogP contribution in [0.5, 0.6) is 0 Å². The van der Waals surface area contributed by atoms with Gasteiger partial charge in [0.05, 0.1) is 5.69 Å². The molecule has 1 aromatic carbocycles. The van der Waals surface area contributed by atoms with Crippen LogP contribution in [0.15, 0.2) is 53.5 Å². The fourth-order valence-corrected chi connectivity index (χ4v) is 2.35. The van der Waals surface area contributed by atoms with Gasteiger partial charge in [0, 0.05) is 30.7 Å². The average Bonchev–Trinajstić information content (AvgIpc) is 2.57. The summed E-state index contributed by atoms with van der Waals surface area (Å²) in [5, 5.41) is 13.6. The highest BCUT2D eigenvalue weighted by Gasteiger charge is 2.08. The topological polar surface area (TPSA) is 93.2 Å². The maximum absolute atomic E-state index is 11.8. The SMILES string of the molecule is NCc1cccc(CNc2cc(=O)n(O)c3ncccc23)c1. The summed E-state index contributed by atoms with van der Waals surface area (Å²) < 4.78 is 0.551. The number of pyridine rings is 2. The quantitative estimate of drug-likeness (QED) is 0.637. The van der Waals surface area contributed by atoms with Gasteiger partial charge in [0.25, 0.3) is 5.56 Å². The number of nitrogens with two attached hydrogens (primary N) is 1. The number of fused-ring (bicyclic) bond motifs is 1. The molecule has 0 bridgehead atoms. The van der Waals surface area contributed by atoms with Crippen molar-refractivity contribution in [2.45, 2.75) is 13.1 Å². The molecule has 0 spiro atoms. The molecule has 2 aromatic heterocycles. The van der Waals surface area contributed by atoms with Crippen molar-refractivity contribution in [1.82, 2.24) is 9.71 Å². The zero-order valence-electron chi connectivity index (χ0n) is 11.9. The smallest absolute Gasteiger partial charge is 0.286 e. The molecule has 6 nitrogen and oxygen atoms in total. The van der Waals surface area contributed by atoms with E-state index in [0.717, 1.165) is 11.1 Å². The largest absolute Gasteiger partial charge is 0.423 e. The van der Waals surface area contributed by atoms with Crippen molar-refractivity contribution in [3.8, 4) is 0 Å². The molecule has 0 radical (unpaired) electrons. The van der Waals surface area contributed by atoms with E-state index in [1.807, 2.05) is 24.3 Å². The Morgan fingerprint density at radius 1 is 1.18 bits per heavy atom. The number of nitrogens with zero attached hydrogens (tertiary/aromatic N) is 2. The van der Waals surface area contributed by atoms with Gasteiger partial charge in [-0.3, -0.25) is 4.79 Å². The van der Waals surface area contributed by atoms with Gasteiger partial charge in [0.2, 0.25) is 0 Å². The van der Waals surface area contributed by atoms with Crippen molar-refractivity contribution in [3.05, 3.63) is 70.1 Å². The lowest BCUT2D eigenvalue weighted by molar-refractivity contribution is 0.187. The zero-order chi connectivity index (χ0) is 15.5. The van der Waals surface area contributed by atoms with Crippen molar-refractivity contribution in [1.29, 1.82) is 0 Å². The summed E-state index contributed by atoms with van der Waals surface area (Å²) in [5.41, 5.74) is 8.09. The molecule has 22 heavy (non-hydrogen) atoms. The summed E-state index contributed by atoms with van der Waals surface area (Å²) >= 11 is 0. The average molecular weight is 296 g/mol. The maximum Gasteiger partial charge on any atom is 0.286 e. The number of hydrogen-bond acceptors (Lipinski definition) is 5. The van der Waals surface area contributed by atoms with Gasteiger partial charge in [-0.2, -0.15) is 0 Å². The minimum absolute atomic E-state index is 0.230. The van der Waals surface area contributed by atoms with Crippen molar-refractivity contribution in [3.63, 3.8) is 0 Å². The lowest BCUT2D eigenvalue weighted by atomic mass is 10.1. The van der Waals surface area contributed by atoms with Crippen molar-refractivity contribution in [2.75, 3.05) is 5.32 Å². The van der Waals surface area contributed by atoms with Gasteiger partial charge in [-0.15, -0.1) is 4.73 Å². The molecule has 0 aliphatic carbocycles. The van der Waals surface area contributed by atoms with Crippen LogP contribution in [0.25, 0.3) is 11.0 Å². The van der Waals surface area contributed by atoms with Crippen LogP contribution in [0.3, 0.4) is 0 Å². The molecule has 3 aromatic rings. The van der Waals surface area contributed by atoms with Crippen LogP contribution in [0, 0.1) is 0 Å². The summed E-state index contributed by atoms with van der Waals surface area (Å²) in [5.74, 6) is 0. The van der Waals surface area contributed by atoms with Crippen LogP contribution in [-0.2, 0) is 13.1 Å². The van der Waals surface area contributed by atoms with E-state index < -0.39 is 5.56 Å². The highest BCUT2D eigenvalue weighted by atomic mass is 16.5. The Kier molecular flexibility index (Phi) is 3.76. The van der Waals surface area contributed by atoms with E-state index in [4.69, 9.17) is 5.73 Å². The van der Waals surface area contributed by atoms with E-state index in [1.54, 1.807) is 12.1 Å². The van der Waals surface area contributed by atoms with Crippen LogP contribution in [0.2, 0.25) is 0 Å². The third-order valence-corrected chi connectivity index (χ3v) is 3.46. The van der Waals surface area contributed by atoms with E-state index in [0.29, 0.717) is 28.9 Å². The molecule has 6 heteroatoms. The predicted octanol–water partition coefficient (Wildman–Crippen LogP) is 1.70. The van der Waals surface area contributed by atoms with E-state index in [9.17, 15) is 10.0 Å². The number of hydrogen-bond donors (Lipinski definition) is 3. The number of anilines is 1. The minimum atomic E-state index is -0.524. The van der Waals surface area contributed by atoms with Crippen LogP contribution in [0.1, 0.15) is 11.1 Å². The van der Waals surface area contributed by atoms with E-state index in [1.165, 1.54) is 12.3 Å². The van der Waals surface area contributed by atoms with Crippen LogP contribution in [-0.4, -0.2) is 14.9 Å². The monoisotopic (exact) mass is 296 g/mol. The molecule has 3 rings (SSSR count). The molecule has 0 aliphatic rings. The molecule has 0 fully saturated rings. The highest BCUT2D eigenvalue weighted by Crippen LogP contribution is 2.19. The van der Waals surface area contributed by atoms with Crippen molar-refractivity contribution < 1.29 is 5.21 Å². The van der Waals surface area contributed by atoms with Gasteiger partial charge >= 0.3 is 0 Å². The normalized spacial score (nSPS) is 10.8. The van der Waals surface area contributed by atoms with Gasteiger partial charge in [-0.05, 0) is 23.3 Å². The number of rotatable bonds is 4. The summed E-state index contributed by atoms with van der Waals surface area (Å²) in [6.07, 6.45) is 1.53. The van der Waals surface area contributed by atoms with Crippen LogP contribution < -0.4 is 16.6 Å². The molecule has 0 unspecified atom stereocenters. The Morgan fingerprint density at radius 3 is 2.82 bits per heavy atom. The first-order chi connectivity index (χ1) is 10.7. The lowest BCUT2D eigenvalue weighted by Gasteiger charge is -2.11. The van der Waals surface area contributed by atoms with Crippen molar-refractivity contribution >= 4 is 16.7 Å². The van der Waals surface area contributed by atoms with Gasteiger partial charge < -0.3 is 16.3 Å². The summed E-state index contributed by atoms with van der Waals surface area (Å²) in [6, 6.07) is 12.8. The Balaban J connectivity index is 1.94. The van der Waals surface area contributed by atoms with Crippen LogP contribution in [0.4, 0.5) is 5.69 Å². The third kappa shape index (κ3) is 2.64. The van der Waals surface area contributed by atoms with E-state index in [-0.39, 0.29) is 5.65 Å². The predicted molar refractivity (Wildman–Crippen MR) is 84.8 cm³/mol. The molecular formula is C16H16N4O2. The molecular weight excluding hydrogens is 280 g/mol. The van der Waals surface area contributed by atoms with E-state index in [2.05, 4.69) is 10.3 Å². The second-order valence-corrected chi connectivity index (χ2v) is 4.96. The Morgan fingerprint density at radius 2 is 2.00 bits per heavy atom.